The molecule has 23 heavy (non-hydrogen) atoms. The van der Waals surface area contributed by atoms with Crippen LogP contribution in [0, 0.1) is 0 Å². The number of hydrogen-bond acceptors (Lipinski definition) is 6. The highest BCUT2D eigenvalue weighted by molar-refractivity contribution is 7.08. The number of esters is 1. The molecule has 2 aromatic rings. The summed E-state index contributed by atoms with van der Waals surface area (Å²) in [6.07, 6.45) is 5.06. The van der Waals surface area contributed by atoms with E-state index in [9.17, 15) is 9.90 Å². The summed E-state index contributed by atoms with van der Waals surface area (Å²) in [6, 6.07) is 6.72. The second-order valence-corrected chi connectivity index (χ2v) is 5.47. The molecule has 0 unspecified atom stereocenters. The molecule has 1 aromatic carbocycles. The number of thiophene rings is 1. The van der Waals surface area contributed by atoms with Crippen LogP contribution in [0.3, 0.4) is 0 Å². The lowest BCUT2D eigenvalue weighted by atomic mass is 10.1. The largest absolute Gasteiger partial charge is 0.504 e. The molecule has 6 heteroatoms. The Labute approximate surface area is 136 Å². The van der Waals surface area contributed by atoms with Crippen LogP contribution in [-0.4, -0.2) is 24.1 Å². The molecule has 0 bridgehead atoms. The zero-order valence-corrected chi connectivity index (χ0v) is 13.0. The van der Waals surface area contributed by atoms with Gasteiger partial charge in [0.15, 0.2) is 17.2 Å². The van der Waals surface area contributed by atoms with Crippen LogP contribution in [0.15, 0.2) is 51.8 Å². The van der Waals surface area contributed by atoms with Gasteiger partial charge in [-0.2, -0.15) is 11.3 Å². The van der Waals surface area contributed by atoms with Crippen LogP contribution in [-0.2, 0) is 9.53 Å². The molecule has 0 aliphatic carbocycles. The fourth-order valence-corrected chi connectivity index (χ4v) is 2.60. The lowest BCUT2D eigenvalue weighted by Gasteiger charge is -2.03. The lowest BCUT2D eigenvalue weighted by Crippen LogP contribution is -2.01. The van der Waals surface area contributed by atoms with E-state index in [-0.39, 0.29) is 17.3 Å². The zero-order valence-electron chi connectivity index (χ0n) is 12.2. The van der Waals surface area contributed by atoms with Crippen molar-refractivity contribution >= 4 is 35.4 Å². The second kappa shape index (κ2) is 6.50. The summed E-state index contributed by atoms with van der Waals surface area (Å²) in [5, 5.41) is 13.5. The molecule has 0 saturated heterocycles. The van der Waals surface area contributed by atoms with Crippen LogP contribution in [0.4, 0.5) is 0 Å². The number of carbonyl (C=O) groups is 1. The average molecular weight is 327 g/mol. The molecule has 5 nitrogen and oxygen atoms in total. The summed E-state index contributed by atoms with van der Waals surface area (Å²) in [5.41, 5.74) is 1.90. The Hall–Kier alpha value is -2.86. The first kappa shape index (κ1) is 15.1. The van der Waals surface area contributed by atoms with Crippen molar-refractivity contribution < 1.29 is 19.4 Å². The molecule has 0 amide bonds. The molecule has 1 aliphatic rings. The third-order valence-electron chi connectivity index (χ3n) is 3.11. The summed E-state index contributed by atoms with van der Waals surface area (Å²) >= 11 is 1.59. The first-order chi connectivity index (χ1) is 11.2. The Balaban J connectivity index is 1.83. The van der Waals surface area contributed by atoms with E-state index in [0.717, 1.165) is 5.56 Å². The zero-order chi connectivity index (χ0) is 16.2. The average Bonchev–Trinajstić information content (AvgIpc) is 3.17. The maximum Gasteiger partial charge on any atom is 0.363 e. The highest BCUT2D eigenvalue weighted by Crippen LogP contribution is 2.28. The van der Waals surface area contributed by atoms with Gasteiger partial charge >= 0.3 is 5.97 Å². The first-order valence-corrected chi connectivity index (χ1v) is 7.70. The van der Waals surface area contributed by atoms with Crippen LogP contribution in [0.1, 0.15) is 11.1 Å². The van der Waals surface area contributed by atoms with Crippen molar-refractivity contribution in [1.82, 2.24) is 0 Å². The van der Waals surface area contributed by atoms with Crippen molar-refractivity contribution in [3.8, 4) is 11.5 Å². The number of nitrogens with zero attached hydrogens (tertiary/aromatic N) is 1. The van der Waals surface area contributed by atoms with Gasteiger partial charge in [-0.3, -0.25) is 0 Å². The fourth-order valence-electron chi connectivity index (χ4n) is 1.98. The molecule has 3 rings (SSSR count). The van der Waals surface area contributed by atoms with Gasteiger partial charge < -0.3 is 14.6 Å². The Bertz CT molecular complexity index is 819. The van der Waals surface area contributed by atoms with Gasteiger partial charge in [0.25, 0.3) is 0 Å². The van der Waals surface area contributed by atoms with E-state index in [1.165, 1.54) is 13.2 Å². The van der Waals surface area contributed by atoms with Gasteiger partial charge in [-0.15, -0.1) is 0 Å². The van der Waals surface area contributed by atoms with E-state index >= 15 is 0 Å². The van der Waals surface area contributed by atoms with Crippen molar-refractivity contribution in [3.05, 3.63) is 57.9 Å². The molecular weight excluding hydrogens is 314 g/mol. The number of methoxy groups -OCH3 is 1. The van der Waals surface area contributed by atoms with Gasteiger partial charge in [-0.25, -0.2) is 9.79 Å². The minimum absolute atomic E-state index is 0.0338. The number of aromatic hydroxyl groups is 1. The molecule has 0 atom stereocenters. The van der Waals surface area contributed by atoms with Gasteiger partial charge in [0.05, 0.1) is 7.11 Å². The van der Waals surface area contributed by atoms with Crippen molar-refractivity contribution in [1.29, 1.82) is 0 Å². The van der Waals surface area contributed by atoms with Gasteiger partial charge in [0, 0.05) is 6.08 Å². The Morgan fingerprint density at radius 2 is 2.13 bits per heavy atom. The fraction of sp³-hybridized carbons (Fsp3) is 0.0588. The maximum atomic E-state index is 11.9. The van der Waals surface area contributed by atoms with E-state index in [1.807, 2.05) is 22.9 Å². The number of phenols is 1. The highest BCUT2D eigenvalue weighted by atomic mass is 32.1. The van der Waals surface area contributed by atoms with Crippen LogP contribution in [0.5, 0.6) is 11.5 Å². The first-order valence-electron chi connectivity index (χ1n) is 6.75. The topological polar surface area (TPSA) is 68.1 Å². The Kier molecular flexibility index (Phi) is 4.25. The van der Waals surface area contributed by atoms with Gasteiger partial charge in [-0.1, -0.05) is 6.07 Å². The highest BCUT2D eigenvalue weighted by Gasteiger charge is 2.21. The molecule has 116 valence electrons. The van der Waals surface area contributed by atoms with Crippen LogP contribution in [0.25, 0.3) is 12.2 Å². The number of carbonyl (C=O) groups excluding carboxylic acids is 1. The number of aliphatic imine (C=N–C) groups is 1. The van der Waals surface area contributed by atoms with E-state index in [2.05, 4.69) is 4.99 Å². The van der Waals surface area contributed by atoms with E-state index in [1.54, 1.807) is 35.6 Å². The molecule has 0 radical (unpaired) electrons. The van der Waals surface area contributed by atoms with E-state index < -0.39 is 5.97 Å². The quantitative estimate of drug-likeness (QED) is 0.689. The summed E-state index contributed by atoms with van der Waals surface area (Å²) < 4.78 is 10.1. The van der Waals surface area contributed by atoms with Gasteiger partial charge in [-0.05, 0) is 52.2 Å². The number of benzene rings is 1. The number of hydrogen-bond donors (Lipinski definition) is 1. The van der Waals surface area contributed by atoms with Gasteiger partial charge in [0.2, 0.25) is 5.90 Å². The Morgan fingerprint density at radius 3 is 2.87 bits per heavy atom. The monoisotopic (exact) mass is 327 g/mol. The van der Waals surface area contributed by atoms with Crippen LogP contribution in [0.2, 0.25) is 0 Å². The molecule has 1 N–H and O–H groups in total. The normalized spacial score (nSPS) is 16.0. The van der Waals surface area contributed by atoms with E-state index in [0.29, 0.717) is 11.3 Å². The number of ether oxygens (including phenoxy) is 2. The summed E-state index contributed by atoms with van der Waals surface area (Å²) in [7, 11) is 1.46. The summed E-state index contributed by atoms with van der Waals surface area (Å²) in [5.74, 6) is 0.0963. The molecule has 1 aromatic heterocycles. The third-order valence-corrected chi connectivity index (χ3v) is 3.81. The van der Waals surface area contributed by atoms with Crippen molar-refractivity contribution in [2.45, 2.75) is 0 Å². The predicted molar refractivity (Wildman–Crippen MR) is 89.5 cm³/mol. The standard InChI is InChI=1S/C17H13NO4S/c1-21-15-9-12(2-4-14(15)19)8-13-17(20)22-16(18-13)5-3-11-6-7-23-10-11/h2-10,19H,1H3. The second-order valence-electron chi connectivity index (χ2n) is 4.69. The predicted octanol–water partition coefficient (Wildman–Crippen LogP) is 3.47. The SMILES string of the molecule is COc1cc(C=C2N=C(C=Cc3ccsc3)OC2=O)ccc1O. The summed E-state index contributed by atoms with van der Waals surface area (Å²) in [4.78, 5) is 16.0. The third kappa shape index (κ3) is 3.49. The number of rotatable bonds is 4. The molecule has 0 spiro atoms. The number of phenolic OH excluding ortho intramolecular Hbond substituents is 1. The number of cyclic esters (lactones) is 1. The smallest absolute Gasteiger partial charge is 0.363 e. The van der Waals surface area contributed by atoms with Crippen LogP contribution < -0.4 is 4.74 Å². The minimum Gasteiger partial charge on any atom is -0.504 e. The molecular formula is C17H13NO4S. The molecule has 2 heterocycles. The molecule has 1 aliphatic heterocycles. The molecule has 0 saturated carbocycles. The van der Waals surface area contributed by atoms with Crippen molar-refractivity contribution in [3.63, 3.8) is 0 Å². The lowest BCUT2D eigenvalue weighted by molar-refractivity contribution is -0.129. The van der Waals surface area contributed by atoms with Crippen molar-refractivity contribution in [2.75, 3.05) is 7.11 Å². The maximum absolute atomic E-state index is 11.9. The van der Waals surface area contributed by atoms with Crippen molar-refractivity contribution in [2.24, 2.45) is 4.99 Å². The minimum atomic E-state index is -0.512. The van der Waals surface area contributed by atoms with E-state index in [4.69, 9.17) is 9.47 Å². The summed E-state index contributed by atoms with van der Waals surface area (Å²) in [6.45, 7) is 0. The van der Waals surface area contributed by atoms with Gasteiger partial charge in [0.1, 0.15) is 0 Å². The molecule has 0 fully saturated rings. The van der Waals surface area contributed by atoms with Crippen LogP contribution >= 0.6 is 11.3 Å². The Morgan fingerprint density at radius 1 is 1.26 bits per heavy atom.